The molecule has 0 saturated carbocycles. The molecular formula is C17H16FNO5. The number of carbonyl (C=O) groups is 2. The average Bonchev–Trinajstić information content (AvgIpc) is 2.56. The van der Waals surface area contributed by atoms with Crippen LogP contribution in [0.4, 0.5) is 10.1 Å². The maximum atomic E-state index is 13.7. The summed E-state index contributed by atoms with van der Waals surface area (Å²) in [5.74, 6) is -2.24. The van der Waals surface area contributed by atoms with Gasteiger partial charge in [0.05, 0.1) is 30.5 Å². The molecule has 24 heavy (non-hydrogen) atoms. The number of benzene rings is 2. The zero-order valence-corrected chi connectivity index (χ0v) is 13.1. The second-order valence-corrected chi connectivity index (χ2v) is 4.72. The monoisotopic (exact) mass is 333 g/mol. The standard InChI is InChI=1S/C17H16FNO5/c1-3-24-15-8-11(17(21)22)13(9-14(15)23-2)19-16(20)10-6-4-5-7-12(10)18/h4-9H,3H2,1-2H3,(H,19,20)(H,21,22). The molecule has 2 aromatic rings. The second-order valence-electron chi connectivity index (χ2n) is 4.72. The van der Waals surface area contributed by atoms with Crippen LogP contribution in [-0.4, -0.2) is 30.7 Å². The van der Waals surface area contributed by atoms with Crippen molar-refractivity contribution in [1.82, 2.24) is 0 Å². The Morgan fingerprint density at radius 2 is 1.88 bits per heavy atom. The van der Waals surface area contributed by atoms with Crippen molar-refractivity contribution in [2.75, 3.05) is 19.0 Å². The Morgan fingerprint density at radius 3 is 2.46 bits per heavy atom. The van der Waals surface area contributed by atoms with Crippen molar-refractivity contribution in [1.29, 1.82) is 0 Å². The molecule has 0 unspecified atom stereocenters. The van der Waals surface area contributed by atoms with E-state index in [4.69, 9.17) is 9.47 Å². The van der Waals surface area contributed by atoms with E-state index in [1.807, 2.05) is 0 Å². The van der Waals surface area contributed by atoms with Crippen LogP contribution < -0.4 is 14.8 Å². The van der Waals surface area contributed by atoms with Gasteiger partial charge in [0, 0.05) is 12.1 Å². The number of rotatable bonds is 6. The van der Waals surface area contributed by atoms with Gasteiger partial charge >= 0.3 is 5.97 Å². The highest BCUT2D eigenvalue weighted by Gasteiger charge is 2.19. The van der Waals surface area contributed by atoms with Gasteiger partial charge in [0.15, 0.2) is 11.5 Å². The van der Waals surface area contributed by atoms with Gasteiger partial charge in [0.25, 0.3) is 5.91 Å². The fraction of sp³-hybridized carbons (Fsp3) is 0.176. The summed E-state index contributed by atoms with van der Waals surface area (Å²) in [7, 11) is 1.39. The Morgan fingerprint density at radius 1 is 1.17 bits per heavy atom. The first-order chi connectivity index (χ1) is 11.5. The summed E-state index contributed by atoms with van der Waals surface area (Å²) in [6, 6.07) is 7.99. The minimum atomic E-state index is -1.26. The maximum Gasteiger partial charge on any atom is 0.337 e. The lowest BCUT2D eigenvalue weighted by Gasteiger charge is -2.14. The van der Waals surface area contributed by atoms with Crippen molar-refractivity contribution in [3.05, 3.63) is 53.3 Å². The van der Waals surface area contributed by atoms with E-state index in [1.165, 1.54) is 37.4 Å². The molecule has 0 aromatic heterocycles. The SMILES string of the molecule is CCOc1cc(C(=O)O)c(NC(=O)c2ccccc2F)cc1OC. The fourth-order valence-corrected chi connectivity index (χ4v) is 2.10. The molecule has 0 heterocycles. The summed E-state index contributed by atoms with van der Waals surface area (Å²) >= 11 is 0. The van der Waals surface area contributed by atoms with E-state index in [2.05, 4.69) is 5.32 Å². The van der Waals surface area contributed by atoms with Crippen molar-refractivity contribution >= 4 is 17.6 Å². The number of carboxylic acids is 1. The Kier molecular flexibility index (Phi) is 5.36. The van der Waals surface area contributed by atoms with E-state index >= 15 is 0 Å². The van der Waals surface area contributed by atoms with E-state index in [0.717, 1.165) is 6.07 Å². The lowest BCUT2D eigenvalue weighted by Crippen LogP contribution is -2.16. The second kappa shape index (κ2) is 7.45. The van der Waals surface area contributed by atoms with Crippen LogP contribution in [0.25, 0.3) is 0 Å². The van der Waals surface area contributed by atoms with Crippen LogP contribution in [0.15, 0.2) is 36.4 Å². The fourth-order valence-electron chi connectivity index (χ4n) is 2.10. The van der Waals surface area contributed by atoms with Crippen molar-refractivity contribution in [3.8, 4) is 11.5 Å². The van der Waals surface area contributed by atoms with Gasteiger partial charge in [-0.05, 0) is 19.1 Å². The van der Waals surface area contributed by atoms with Crippen LogP contribution in [0.3, 0.4) is 0 Å². The van der Waals surface area contributed by atoms with Crippen molar-refractivity contribution in [3.63, 3.8) is 0 Å². The third-order valence-corrected chi connectivity index (χ3v) is 3.20. The molecule has 2 aromatic carbocycles. The van der Waals surface area contributed by atoms with E-state index in [1.54, 1.807) is 6.92 Å². The number of anilines is 1. The topological polar surface area (TPSA) is 84.9 Å². The molecule has 126 valence electrons. The summed E-state index contributed by atoms with van der Waals surface area (Å²) in [6.45, 7) is 2.06. The zero-order chi connectivity index (χ0) is 17.7. The van der Waals surface area contributed by atoms with E-state index in [0.29, 0.717) is 6.61 Å². The number of aromatic carboxylic acids is 1. The summed E-state index contributed by atoms with van der Waals surface area (Å²) in [6.07, 6.45) is 0. The predicted molar refractivity (Wildman–Crippen MR) is 85.5 cm³/mol. The lowest BCUT2D eigenvalue weighted by molar-refractivity contribution is 0.0697. The number of halogens is 1. The van der Waals surface area contributed by atoms with Gasteiger partial charge in [-0.2, -0.15) is 0 Å². The quantitative estimate of drug-likeness (QED) is 0.848. The maximum absolute atomic E-state index is 13.7. The third kappa shape index (κ3) is 3.62. The number of hydrogen-bond donors (Lipinski definition) is 2. The Bertz CT molecular complexity index is 776. The van der Waals surface area contributed by atoms with E-state index in [9.17, 15) is 19.1 Å². The molecule has 0 radical (unpaired) electrons. The van der Waals surface area contributed by atoms with Crippen LogP contribution >= 0.6 is 0 Å². The van der Waals surface area contributed by atoms with Gasteiger partial charge in [-0.1, -0.05) is 12.1 Å². The Hall–Kier alpha value is -3.09. The van der Waals surface area contributed by atoms with E-state index < -0.39 is 17.7 Å². The van der Waals surface area contributed by atoms with Gasteiger partial charge in [-0.25, -0.2) is 9.18 Å². The minimum absolute atomic E-state index is 0.0175. The Balaban J connectivity index is 2.43. The molecule has 2 N–H and O–H groups in total. The average molecular weight is 333 g/mol. The molecule has 7 heteroatoms. The number of methoxy groups -OCH3 is 1. The molecule has 6 nitrogen and oxygen atoms in total. The van der Waals surface area contributed by atoms with Crippen LogP contribution in [0.1, 0.15) is 27.6 Å². The third-order valence-electron chi connectivity index (χ3n) is 3.20. The van der Waals surface area contributed by atoms with E-state index in [-0.39, 0.29) is 28.3 Å². The van der Waals surface area contributed by atoms with Gasteiger partial charge in [0.2, 0.25) is 0 Å². The minimum Gasteiger partial charge on any atom is -0.493 e. The molecule has 0 atom stereocenters. The van der Waals surface area contributed by atoms with Crippen LogP contribution in [0.5, 0.6) is 11.5 Å². The smallest absolute Gasteiger partial charge is 0.337 e. The van der Waals surface area contributed by atoms with Crippen molar-refractivity contribution in [2.24, 2.45) is 0 Å². The summed E-state index contributed by atoms with van der Waals surface area (Å²) in [5, 5.41) is 11.7. The zero-order valence-electron chi connectivity index (χ0n) is 13.1. The van der Waals surface area contributed by atoms with Crippen LogP contribution in [0, 0.1) is 5.82 Å². The number of amides is 1. The largest absolute Gasteiger partial charge is 0.493 e. The number of ether oxygens (including phenoxy) is 2. The van der Waals surface area contributed by atoms with Crippen molar-refractivity contribution in [2.45, 2.75) is 6.92 Å². The first-order valence-electron chi connectivity index (χ1n) is 7.12. The summed E-state index contributed by atoms with van der Waals surface area (Å²) in [4.78, 5) is 23.6. The van der Waals surface area contributed by atoms with Gasteiger partial charge in [0.1, 0.15) is 5.82 Å². The highest BCUT2D eigenvalue weighted by molar-refractivity contribution is 6.08. The molecule has 0 aliphatic heterocycles. The number of carbonyl (C=O) groups excluding carboxylic acids is 1. The van der Waals surface area contributed by atoms with Gasteiger partial charge in [-0.3, -0.25) is 4.79 Å². The normalized spacial score (nSPS) is 10.1. The van der Waals surface area contributed by atoms with Gasteiger partial charge in [-0.15, -0.1) is 0 Å². The number of nitrogens with one attached hydrogen (secondary N) is 1. The lowest BCUT2D eigenvalue weighted by atomic mass is 10.1. The van der Waals surface area contributed by atoms with Crippen LogP contribution in [0.2, 0.25) is 0 Å². The molecule has 0 aliphatic rings. The molecule has 0 saturated heterocycles. The molecular weight excluding hydrogens is 317 g/mol. The molecule has 0 fully saturated rings. The molecule has 0 aliphatic carbocycles. The Labute approximate surface area is 137 Å². The van der Waals surface area contributed by atoms with Crippen LogP contribution in [-0.2, 0) is 0 Å². The predicted octanol–water partition coefficient (Wildman–Crippen LogP) is 3.18. The highest BCUT2D eigenvalue weighted by Crippen LogP contribution is 2.34. The molecule has 0 bridgehead atoms. The molecule has 2 rings (SSSR count). The first kappa shape index (κ1) is 17.3. The first-order valence-corrected chi connectivity index (χ1v) is 7.12. The van der Waals surface area contributed by atoms with Gasteiger partial charge < -0.3 is 19.9 Å². The highest BCUT2D eigenvalue weighted by atomic mass is 19.1. The number of carboxylic acid groups (broad SMARTS) is 1. The molecule has 1 amide bonds. The molecule has 0 spiro atoms. The summed E-state index contributed by atoms with van der Waals surface area (Å²) < 4.78 is 24.2. The summed E-state index contributed by atoms with van der Waals surface area (Å²) in [5.41, 5.74) is -0.401. The number of hydrogen-bond acceptors (Lipinski definition) is 4. The van der Waals surface area contributed by atoms with Crippen molar-refractivity contribution < 1.29 is 28.6 Å².